The predicted octanol–water partition coefficient (Wildman–Crippen LogP) is 6.92. The fraction of sp³-hybridized carbons (Fsp3) is 0.424. The van der Waals surface area contributed by atoms with E-state index in [1.807, 2.05) is 7.05 Å². The summed E-state index contributed by atoms with van der Waals surface area (Å²) < 4.78 is 4.97. The second kappa shape index (κ2) is 11.0. The Bertz CT molecular complexity index is 1670. The lowest BCUT2D eigenvalue weighted by Gasteiger charge is -2.16. The third-order valence-electron chi connectivity index (χ3n) is 8.80. The minimum absolute atomic E-state index is 0.100. The molecule has 8 bridgehead atoms. The molecular weight excluding hydrogens is 498 g/mol. The van der Waals surface area contributed by atoms with Crippen molar-refractivity contribution in [2.45, 2.75) is 79.2 Å². The summed E-state index contributed by atoms with van der Waals surface area (Å²) in [5, 5.41) is 3.35. The Morgan fingerprint density at radius 1 is 0.950 bits per heavy atom. The average molecular weight is 540 g/mol. The number of carbonyl (C=O) groups is 1. The molecule has 0 aliphatic carbocycles. The first-order valence-corrected chi connectivity index (χ1v) is 14.3. The van der Waals surface area contributed by atoms with Gasteiger partial charge in [-0.05, 0) is 105 Å². The van der Waals surface area contributed by atoms with Crippen LogP contribution >= 0.6 is 0 Å². The summed E-state index contributed by atoms with van der Waals surface area (Å²) in [6.07, 6.45) is 4.13. The topological polar surface area (TPSA) is 95.7 Å². The standard InChI is InChI=1S/C33H41N5O2/c1-9-22-18(3)28-15-31-24(16-34-7)20(5)27(37-31)14-29-19(4)23(10-11-32(39)40-8)33(38-29)21(6)26-12-17(2)25(35-26)13-30(22)36-28/h12-15,19,23,34,36-37H,9-11,16H2,1-8H3/t19-,23-/m0/s1. The van der Waals surface area contributed by atoms with Crippen LogP contribution in [0.5, 0.6) is 0 Å². The van der Waals surface area contributed by atoms with Crippen molar-refractivity contribution in [3.05, 3.63) is 68.8 Å². The van der Waals surface area contributed by atoms with Crippen molar-refractivity contribution in [2.75, 3.05) is 14.2 Å². The number of rotatable bonds is 6. The van der Waals surface area contributed by atoms with Crippen molar-refractivity contribution in [2.24, 2.45) is 0 Å². The number of esters is 1. The molecule has 0 spiro atoms. The lowest BCUT2D eigenvalue weighted by Crippen LogP contribution is -2.08. The number of fused-ring (bicyclic) bond motifs is 8. The summed E-state index contributed by atoms with van der Waals surface area (Å²) in [5.41, 5.74) is 15.5. The van der Waals surface area contributed by atoms with E-state index in [4.69, 9.17) is 14.7 Å². The van der Waals surface area contributed by atoms with Crippen LogP contribution in [0.1, 0.15) is 96.0 Å². The van der Waals surface area contributed by atoms with Gasteiger partial charge in [0.05, 0.1) is 18.5 Å². The molecule has 40 heavy (non-hydrogen) atoms. The van der Waals surface area contributed by atoms with Gasteiger partial charge in [0, 0.05) is 58.3 Å². The fourth-order valence-electron chi connectivity index (χ4n) is 6.24. The van der Waals surface area contributed by atoms with E-state index in [0.717, 1.165) is 68.9 Å². The van der Waals surface area contributed by atoms with E-state index in [0.29, 0.717) is 12.8 Å². The van der Waals surface area contributed by atoms with Crippen LogP contribution in [0, 0.1) is 20.8 Å². The molecule has 0 radical (unpaired) electrons. The summed E-state index contributed by atoms with van der Waals surface area (Å²) in [6, 6.07) is 6.61. The molecule has 0 saturated carbocycles. The zero-order valence-corrected chi connectivity index (χ0v) is 25.0. The third kappa shape index (κ3) is 4.87. The molecule has 0 aromatic carbocycles. The number of nitrogens with one attached hydrogen (secondary N) is 3. The molecule has 5 rings (SSSR count). The maximum Gasteiger partial charge on any atom is 0.305 e. The highest BCUT2D eigenvalue weighted by Gasteiger charge is 2.31. The summed E-state index contributed by atoms with van der Waals surface area (Å²) in [6.45, 7) is 13.8. The second-order valence-corrected chi connectivity index (χ2v) is 11.2. The Morgan fingerprint density at radius 2 is 1.62 bits per heavy atom. The number of aryl methyl sites for hydroxylation is 3. The molecule has 2 aliphatic rings. The molecule has 2 atom stereocenters. The molecule has 3 aromatic rings. The van der Waals surface area contributed by atoms with E-state index in [1.54, 1.807) is 0 Å². The molecule has 0 amide bonds. The van der Waals surface area contributed by atoms with Gasteiger partial charge >= 0.3 is 5.97 Å². The molecule has 3 aromatic heterocycles. The van der Waals surface area contributed by atoms with Crippen molar-refractivity contribution >= 4 is 39.7 Å². The molecular formula is C33H41N5O2. The number of ether oxygens (including phenoxy) is 1. The maximum atomic E-state index is 12.1. The van der Waals surface area contributed by atoms with Crippen LogP contribution in [-0.4, -0.2) is 40.1 Å². The molecule has 0 saturated heterocycles. The Balaban J connectivity index is 1.88. The largest absolute Gasteiger partial charge is 0.469 e. The van der Waals surface area contributed by atoms with Crippen molar-refractivity contribution in [3.63, 3.8) is 0 Å². The van der Waals surface area contributed by atoms with Gasteiger partial charge < -0.3 is 20.0 Å². The average Bonchev–Trinajstić information content (AvgIpc) is 3.63. The van der Waals surface area contributed by atoms with Crippen LogP contribution in [0.3, 0.4) is 0 Å². The normalized spacial score (nSPS) is 16.8. The smallest absolute Gasteiger partial charge is 0.305 e. The van der Waals surface area contributed by atoms with Crippen molar-refractivity contribution in [1.29, 1.82) is 0 Å². The van der Waals surface area contributed by atoms with Gasteiger partial charge in [-0.2, -0.15) is 0 Å². The molecule has 7 heteroatoms. The van der Waals surface area contributed by atoms with Gasteiger partial charge in [-0.25, -0.2) is 4.98 Å². The minimum atomic E-state index is -0.191. The van der Waals surface area contributed by atoms with Crippen LogP contribution < -0.4 is 5.32 Å². The molecule has 210 valence electrons. The Morgan fingerprint density at radius 3 is 2.30 bits per heavy atom. The predicted molar refractivity (Wildman–Crippen MR) is 163 cm³/mol. The number of methoxy groups -OCH3 is 1. The highest BCUT2D eigenvalue weighted by molar-refractivity contribution is 5.85. The maximum absolute atomic E-state index is 12.1. The van der Waals surface area contributed by atoms with Crippen LogP contribution in [-0.2, 0) is 22.5 Å². The summed E-state index contributed by atoms with van der Waals surface area (Å²) in [4.78, 5) is 29.8. The van der Waals surface area contributed by atoms with Gasteiger partial charge in [-0.15, -0.1) is 0 Å². The molecule has 3 N–H and O–H groups in total. The second-order valence-electron chi connectivity index (χ2n) is 11.2. The fourth-order valence-corrected chi connectivity index (χ4v) is 6.24. The lowest BCUT2D eigenvalue weighted by atomic mass is 9.86. The van der Waals surface area contributed by atoms with Gasteiger partial charge in [0.2, 0.25) is 0 Å². The van der Waals surface area contributed by atoms with Crippen LogP contribution in [0.25, 0.3) is 33.7 Å². The van der Waals surface area contributed by atoms with Gasteiger partial charge in [-0.3, -0.25) is 9.78 Å². The number of H-pyrrole nitrogens is 2. The van der Waals surface area contributed by atoms with Crippen molar-refractivity contribution in [1.82, 2.24) is 25.3 Å². The number of carbonyl (C=O) groups excluding carboxylic acids is 1. The zero-order valence-electron chi connectivity index (χ0n) is 25.0. The van der Waals surface area contributed by atoms with Gasteiger partial charge in [0.1, 0.15) is 0 Å². The third-order valence-corrected chi connectivity index (χ3v) is 8.80. The number of hydrogen-bond acceptors (Lipinski definition) is 5. The van der Waals surface area contributed by atoms with Crippen LogP contribution in [0.4, 0.5) is 0 Å². The number of hydrogen-bond donors (Lipinski definition) is 3. The van der Waals surface area contributed by atoms with Crippen LogP contribution in [0.15, 0.2) is 18.2 Å². The highest BCUT2D eigenvalue weighted by Crippen LogP contribution is 2.42. The Hall–Kier alpha value is -3.71. The SMILES string of the molecule is CCc1c(C)c2cc3[nH]c(cc4nc(c(C)c5nc(cc1[nH]2)C(C)=C5)[C@@H](CCC(=O)OC)[C@@H]4C)c(C)c3CNC. The van der Waals surface area contributed by atoms with Crippen LogP contribution in [0.2, 0.25) is 0 Å². The molecule has 0 fully saturated rings. The Labute approximate surface area is 236 Å². The quantitative estimate of drug-likeness (QED) is 0.296. The van der Waals surface area contributed by atoms with Gasteiger partial charge in [-0.1, -0.05) is 13.8 Å². The minimum Gasteiger partial charge on any atom is -0.469 e. The first-order chi connectivity index (χ1) is 19.2. The van der Waals surface area contributed by atoms with E-state index in [-0.39, 0.29) is 17.8 Å². The lowest BCUT2D eigenvalue weighted by molar-refractivity contribution is -0.140. The highest BCUT2D eigenvalue weighted by atomic mass is 16.5. The van der Waals surface area contributed by atoms with Crippen molar-refractivity contribution < 1.29 is 9.53 Å². The number of allylic oxidation sites excluding steroid dienone is 1. The summed E-state index contributed by atoms with van der Waals surface area (Å²) in [7, 11) is 3.43. The summed E-state index contributed by atoms with van der Waals surface area (Å²) >= 11 is 0. The van der Waals surface area contributed by atoms with E-state index in [1.165, 1.54) is 29.4 Å². The number of nitrogens with zero attached hydrogens (tertiary/aromatic N) is 2. The van der Waals surface area contributed by atoms with E-state index >= 15 is 0 Å². The monoisotopic (exact) mass is 539 g/mol. The van der Waals surface area contributed by atoms with E-state index in [2.05, 4.69) is 81.1 Å². The molecule has 2 aliphatic heterocycles. The number of aromatic amines is 2. The number of aromatic nitrogens is 4. The molecule has 7 nitrogen and oxygen atoms in total. The zero-order chi connectivity index (χ0) is 28.7. The van der Waals surface area contributed by atoms with E-state index < -0.39 is 0 Å². The summed E-state index contributed by atoms with van der Waals surface area (Å²) in [5.74, 6) is 0.0574. The van der Waals surface area contributed by atoms with E-state index in [9.17, 15) is 4.79 Å². The molecule has 5 heterocycles. The van der Waals surface area contributed by atoms with Gasteiger partial charge in [0.25, 0.3) is 0 Å². The first kappa shape index (κ1) is 27.8. The molecule has 0 unspecified atom stereocenters. The van der Waals surface area contributed by atoms with Crippen molar-refractivity contribution in [3.8, 4) is 0 Å². The first-order valence-electron chi connectivity index (χ1n) is 14.3. The Kier molecular flexibility index (Phi) is 7.69. The van der Waals surface area contributed by atoms with Gasteiger partial charge in [0.15, 0.2) is 0 Å².